The predicted octanol–water partition coefficient (Wildman–Crippen LogP) is 1.73. The van der Waals surface area contributed by atoms with Crippen molar-refractivity contribution in [2.75, 3.05) is 20.3 Å². The van der Waals surface area contributed by atoms with Gasteiger partial charge in [-0.2, -0.15) is 0 Å². The van der Waals surface area contributed by atoms with Crippen LogP contribution in [-0.2, 0) is 23.8 Å². The van der Waals surface area contributed by atoms with E-state index >= 15 is 0 Å². The Kier molecular flexibility index (Phi) is 8.00. The number of carbonyl (C=O) groups is 3. The van der Waals surface area contributed by atoms with Gasteiger partial charge in [-0.05, 0) is 19.4 Å². The third-order valence-corrected chi connectivity index (χ3v) is 3.34. The van der Waals surface area contributed by atoms with Gasteiger partial charge in [-0.1, -0.05) is 12.1 Å². The first-order valence-electron chi connectivity index (χ1n) is 7.77. The van der Waals surface area contributed by atoms with Crippen LogP contribution in [0.1, 0.15) is 25.5 Å². The number of carbonyl (C=O) groups excluding carboxylic acids is 3. The van der Waals surface area contributed by atoms with Crippen LogP contribution in [0, 0.1) is 16.0 Å². The van der Waals surface area contributed by atoms with Crippen LogP contribution in [0.15, 0.2) is 24.3 Å². The van der Waals surface area contributed by atoms with Crippen LogP contribution in [-0.4, -0.2) is 43.3 Å². The Labute approximate surface area is 149 Å². The summed E-state index contributed by atoms with van der Waals surface area (Å²) >= 11 is 0. The van der Waals surface area contributed by atoms with Crippen LogP contribution in [0.25, 0.3) is 0 Å². The summed E-state index contributed by atoms with van der Waals surface area (Å²) in [4.78, 5) is 46.5. The van der Waals surface area contributed by atoms with E-state index in [9.17, 15) is 24.5 Å². The molecule has 0 bridgehead atoms. The molecular formula is C16H20N2O8. The third kappa shape index (κ3) is 5.43. The third-order valence-electron chi connectivity index (χ3n) is 3.34. The molecule has 0 radical (unpaired) electrons. The lowest BCUT2D eigenvalue weighted by Gasteiger charge is -2.25. The number of nitro benzene ring substituents is 1. The van der Waals surface area contributed by atoms with E-state index in [1.807, 2.05) is 0 Å². The summed E-state index contributed by atoms with van der Waals surface area (Å²) in [5, 5.41) is 13.2. The van der Waals surface area contributed by atoms with E-state index in [1.165, 1.54) is 24.3 Å². The molecule has 1 aromatic rings. The minimum Gasteiger partial charge on any atom is -0.465 e. The number of alkyl carbamates (subject to hydrolysis) is 1. The molecule has 0 aromatic heterocycles. The monoisotopic (exact) mass is 368 g/mol. The van der Waals surface area contributed by atoms with Crippen molar-refractivity contribution in [1.82, 2.24) is 5.32 Å². The molecule has 0 saturated heterocycles. The lowest BCUT2D eigenvalue weighted by Crippen LogP contribution is -2.42. The van der Waals surface area contributed by atoms with Gasteiger partial charge in [0.1, 0.15) is 0 Å². The molecule has 1 amide bonds. The number of rotatable bonds is 8. The highest BCUT2D eigenvalue weighted by Gasteiger charge is 2.40. The average Bonchev–Trinajstić information content (AvgIpc) is 2.61. The maximum Gasteiger partial charge on any atom is 0.407 e. The van der Waals surface area contributed by atoms with Crippen molar-refractivity contribution >= 4 is 23.7 Å². The number of methoxy groups -OCH3 is 1. The van der Waals surface area contributed by atoms with Crippen LogP contribution in [0.5, 0.6) is 0 Å². The Bertz CT molecular complexity index is 641. The van der Waals surface area contributed by atoms with E-state index in [2.05, 4.69) is 10.1 Å². The zero-order valence-electron chi connectivity index (χ0n) is 14.6. The first kappa shape index (κ1) is 20.9. The highest BCUT2D eigenvalue weighted by atomic mass is 16.6. The van der Waals surface area contributed by atoms with E-state index < -0.39 is 34.9 Å². The second kappa shape index (κ2) is 9.97. The fourth-order valence-electron chi connectivity index (χ4n) is 2.18. The van der Waals surface area contributed by atoms with Crippen LogP contribution >= 0.6 is 0 Å². The fourth-order valence-corrected chi connectivity index (χ4v) is 2.18. The Morgan fingerprint density at radius 1 is 1.08 bits per heavy atom. The Morgan fingerprint density at radius 3 is 1.96 bits per heavy atom. The summed E-state index contributed by atoms with van der Waals surface area (Å²) in [6, 6.07) is 3.83. The smallest absolute Gasteiger partial charge is 0.407 e. The summed E-state index contributed by atoms with van der Waals surface area (Å²) in [5.41, 5.74) is 0.0847. The maximum absolute atomic E-state index is 12.3. The van der Waals surface area contributed by atoms with Gasteiger partial charge < -0.3 is 19.5 Å². The normalized spacial score (nSPS) is 11.4. The summed E-state index contributed by atoms with van der Waals surface area (Å²) in [5.74, 6) is -3.30. The minimum atomic E-state index is -1.50. The molecule has 0 aliphatic heterocycles. The number of nitrogens with one attached hydrogen (secondary N) is 1. The molecule has 1 aromatic carbocycles. The molecule has 1 atom stereocenters. The van der Waals surface area contributed by atoms with Crippen LogP contribution in [0.3, 0.4) is 0 Å². The van der Waals surface area contributed by atoms with Crippen molar-refractivity contribution in [1.29, 1.82) is 0 Å². The second-order valence-corrected chi connectivity index (χ2v) is 4.94. The van der Waals surface area contributed by atoms with Gasteiger partial charge in [0.15, 0.2) is 5.92 Å². The molecule has 142 valence electrons. The van der Waals surface area contributed by atoms with Crippen molar-refractivity contribution in [2.24, 2.45) is 5.92 Å². The average molecular weight is 368 g/mol. The van der Waals surface area contributed by atoms with Crippen LogP contribution < -0.4 is 5.32 Å². The summed E-state index contributed by atoms with van der Waals surface area (Å²) in [7, 11) is 1.12. The van der Waals surface area contributed by atoms with Gasteiger partial charge in [0.2, 0.25) is 0 Å². The molecular weight excluding hydrogens is 348 g/mol. The van der Waals surface area contributed by atoms with Crippen molar-refractivity contribution < 1.29 is 33.5 Å². The highest BCUT2D eigenvalue weighted by molar-refractivity contribution is 5.96. The number of non-ortho nitro benzene ring substituents is 1. The van der Waals surface area contributed by atoms with Crippen molar-refractivity contribution in [3.63, 3.8) is 0 Å². The number of nitrogens with zero attached hydrogens (tertiary/aromatic N) is 1. The topological polar surface area (TPSA) is 134 Å². The van der Waals surface area contributed by atoms with Crippen LogP contribution in [0.2, 0.25) is 0 Å². The van der Waals surface area contributed by atoms with Crippen molar-refractivity contribution in [3.8, 4) is 0 Å². The van der Waals surface area contributed by atoms with E-state index in [1.54, 1.807) is 13.8 Å². The molecule has 1 N–H and O–H groups in total. The quantitative estimate of drug-likeness (QED) is 0.241. The van der Waals surface area contributed by atoms with Gasteiger partial charge in [-0.3, -0.25) is 19.7 Å². The largest absolute Gasteiger partial charge is 0.465 e. The number of nitro groups is 1. The van der Waals surface area contributed by atoms with Gasteiger partial charge in [0.05, 0.1) is 31.3 Å². The number of benzene rings is 1. The Balaban J connectivity index is 3.33. The van der Waals surface area contributed by atoms with Gasteiger partial charge in [0, 0.05) is 12.1 Å². The summed E-state index contributed by atoms with van der Waals surface area (Å²) < 4.78 is 14.4. The van der Waals surface area contributed by atoms with E-state index in [0.717, 1.165) is 7.11 Å². The fraction of sp³-hybridized carbons (Fsp3) is 0.438. The lowest BCUT2D eigenvalue weighted by atomic mass is 9.92. The van der Waals surface area contributed by atoms with E-state index in [0.29, 0.717) is 0 Å². The number of ether oxygens (including phenoxy) is 3. The molecule has 1 rings (SSSR count). The van der Waals surface area contributed by atoms with Crippen molar-refractivity contribution in [2.45, 2.75) is 19.9 Å². The Hall–Kier alpha value is -3.17. The molecule has 10 nitrogen and oxygen atoms in total. The second-order valence-electron chi connectivity index (χ2n) is 4.94. The number of amides is 1. The summed E-state index contributed by atoms with van der Waals surface area (Å²) in [6.45, 7) is 3.16. The SMILES string of the molecule is CCOC(=O)C(C(=O)OCC)C(NC(=O)OC)c1ccc([N+](=O)[O-])cc1. The molecule has 0 heterocycles. The van der Waals surface area contributed by atoms with Gasteiger partial charge >= 0.3 is 18.0 Å². The van der Waals surface area contributed by atoms with Gasteiger partial charge in [-0.15, -0.1) is 0 Å². The summed E-state index contributed by atoms with van der Waals surface area (Å²) in [6.07, 6.45) is -0.896. The molecule has 1 unspecified atom stereocenters. The van der Waals surface area contributed by atoms with E-state index in [-0.39, 0.29) is 24.5 Å². The first-order valence-corrected chi connectivity index (χ1v) is 7.77. The van der Waals surface area contributed by atoms with Crippen LogP contribution in [0.4, 0.5) is 10.5 Å². The standard InChI is InChI=1S/C16H20N2O8/c1-4-25-14(19)12(15(20)26-5-2)13(17-16(21)24-3)10-6-8-11(9-7-10)18(22)23/h6-9,12-13H,4-5H2,1-3H3,(H,17,21). The lowest BCUT2D eigenvalue weighted by molar-refractivity contribution is -0.384. The predicted molar refractivity (Wildman–Crippen MR) is 88.1 cm³/mol. The number of esters is 2. The molecule has 26 heavy (non-hydrogen) atoms. The van der Waals surface area contributed by atoms with Crippen molar-refractivity contribution in [3.05, 3.63) is 39.9 Å². The molecule has 0 aliphatic carbocycles. The molecule has 0 fully saturated rings. The molecule has 0 spiro atoms. The highest BCUT2D eigenvalue weighted by Crippen LogP contribution is 2.27. The van der Waals surface area contributed by atoms with E-state index in [4.69, 9.17) is 9.47 Å². The molecule has 10 heteroatoms. The molecule has 0 saturated carbocycles. The zero-order valence-corrected chi connectivity index (χ0v) is 14.6. The van der Waals surface area contributed by atoms with Gasteiger partial charge in [-0.25, -0.2) is 4.79 Å². The Morgan fingerprint density at radius 2 is 1.58 bits per heavy atom. The number of hydrogen-bond acceptors (Lipinski definition) is 8. The van der Waals surface area contributed by atoms with Gasteiger partial charge in [0.25, 0.3) is 5.69 Å². The number of hydrogen-bond donors (Lipinski definition) is 1. The molecule has 0 aliphatic rings. The maximum atomic E-state index is 12.3. The zero-order chi connectivity index (χ0) is 19.7. The first-order chi connectivity index (χ1) is 12.3. The minimum absolute atomic E-state index is 0.0138.